The third-order valence-corrected chi connectivity index (χ3v) is 4.67. The number of rotatable bonds is 7. The molecule has 2 aromatic carbocycles. The number of H-pyrrole nitrogens is 1. The molecule has 3 rings (SSSR count). The van der Waals surface area contributed by atoms with Crippen molar-refractivity contribution in [1.29, 1.82) is 0 Å². The molecular weight excluding hydrogens is 402 g/mol. The molecule has 0 aliphatic rings. The molecule has 0 fully saturated rings. The van der Waals surface area contributed by atoms with E-state index in [4.69, 9.17) is 11.6 Å². The molecule has 1 heterocycles. The average molecular weight is 427 g/mol. The van der Waals surface area contributed by atoms with Crippen molar-refractivity contribution in [2.45, 2.75) is 18.2 Å². The van der Waals surface area contributed by atoms with E-state index >= 15 is 0 Å². The second kappa shape index (κ2) is 11.0. The Balaban J connectivity index is 0.00000196. The lowest BCUT2D eigenvalue weighted by molar-refractivity contribution is -0.368. The molecule has 0 unspecified atom stereocenters. The molecule has 5 nitrogen and oxygen atoms in total. The van der Waals surface area contributed by atoms with Gasteiger partial charge in [0.2, 0.25) is 0 Å². The molecule has 0 aliphatic heterocycles. The van der Waals surface area contributed by atoms with Crippen molar-refractivity contribution in [3.63, 3.8) is 0 Å². The smallest absolute Gasteiger partial charge is 0.267 e. The minimum atomic E-state index is -0.261. The van der Waals surface area contributed by atoms with E-state index in [0.717, 1.165) is 41.4 Å². The summed E-state index contributed by atoms with van der Waals surface area (Å²) >= 11 is 6.19. The van der Waals surface area contributed by atoms with E-state index in [1.165, 1.54) is 12.1 Å². The molecule has 8 heteroatoms. The Morgan fingerprint density at radius 3 is 2.50 bits per heavy atom. The van der Waals surface area contributed by atoms with Gasteiger partial charge in [0.25, 0.3) is 5.91 Å². The van der Waals surface area contributed by atoms with E-state index in [1.54, 1.807) is 12.1 Å². The summed E-state index contributed by atoms with van der Waals surface area (Å²) in [5, 5.41) is 3.70. The quantitative estimate of drug-likeness (QED) is 0.412. The highest BCUT2D eigenvalue weighted by molar-refractivity contribution is 6.21. The van der Waals surface area contributed by atoms with Gasteiger partial charge in [-0.25, -0.2) is 4.39 Å². The fourth-order valence-corrected chi connectivity index (χ4v) is 3.07. The lowest BCUT2D eigenvalue weighted by Crippen LogP contribution is -3.00. The fraction of sp³-hybridized carbons (Fsp3) is 0.250. The number of fused-ring (bicyclic) bond motifs is 1. The molecule has 1 atom stereocenters. The van der Waals surface area contributed by atoms with E-state index in [9.17, 15) is 9.18 Å². The van der Waals surface area contributed by atoms with Gasteiger partial charge in [-0.15, -0.1) is 11.6 Å². The Morgan fingerprint density at radius 2 is 1.82 bits per heavy atom. The van der Waals surface area contributed by atoms with Crippen molar-refractivity contribution in [3.05, 3.63) is 60.0 Å². The third kappa shape index (κ3) is 5.94. The van der Waals surface area contributed by atoms with Crippen LogP contribution in [-0.4, -0.2) is 29.4 Å². The number of halogens is 3. The molecule has 1 amide bonds. The van der Waals surface area contributed by atoms with Gasteiger partial charge >= 0.3 is 0 Å². The molecule has 0 radical (unpaired) electrons. The summed E-state index contributed by atoms with van der Waals surface area (Å²) in [4.78, 5) is 15.5. The van der Waals surface area contributed by atoms with Crippen LogP contribution in [0.4, 0.5) is 4.39 Å². The maximum absolute atomic E-state index is 13.1. The first-order valence-corrected chi connectivity index (χ1v) is 9.10. The summed E-state index contributed by atoms with van der Waals surface area (Å²) < 4.78 is 13.1. The monoisotopic (exact) mass is 426 g/mol. The number of aromatic nitrogens is 1. The summed E-state index contributed by atoms with van der Waals surface area (Å²) in [5.74, 6) is -0.437. The van der Waals surface area contributed by atoms with E-state index in [2.05, 4.69) is 16.0 Å². The summed E-state index contributed by atoms with van der Waals surface area (Å²) in [6.07, 6.45) is 1.78. The number of quaternary nitrogens is 1. The first kappa shape index (κ1) is 23.9. The zero-order valence-corrected chi connectivity index (χ0v) is 17.0. The van der Waals surface area contributed by atoms with Crippen LogP contribution in [0.5, 0.6) is 0 Å². The second-order valence-corrected chi connectivity index (χ2v) is 6.91. The Labute approximate surface area is 174 Å². The van der Waals surface area contributed by atoms with Crippen molar-refractivity contribution in [2.24, 2.45) is 0 Å². The van der Waals surface area contributed by atoms with Gasteiger partial charge in [-0.2, -0.15) is 0 Å². The van der Waals surface area contributed by atoms with Gasteiger partial charge in [-0.3, -0.25) is 4.79 Å². The van der Waals surface area contributed by atoms with Crippen LogP contribution in [0, 0.1) is 5.82 Å². The van der Waals surface area contributed by atoms with Gasteiger partial charge < -0.3 is 34.6 Å². The number of hydrogen-bond donors (Lipinski definition) is 4. The maximum Gasteiger partial charge on any atom is 0.267 e. The van der Waals surface area contributed by atoms with Crippen LogP contribution in [0.25, 0.3) is 22.0 Å². The number of carbonyl (C=O) groups excluding carboxylic acids is 1. The number of hydrogen-bond acceptors (Lipinski definition) is 2. The molecule has 0 saturated heterocycles. The number of aromatic amines is 1. The summed E-state index contributed by atoms with van der Waals surface area (Å²) in [6.45, 7) is 1.27. The predicted octanol–water partition coefficient (Wildman–Crippen LogP) is 0.499. The zero-order valence-electron chi connectivity index (χ0n) is 15.5. The van der Waals surface area contributed by atoms with E-state index in [-0.39, 0.29) is 35.7 Å². The minimum absolute atomic E-state index is 0. The van der Waals surface area contributed by atoms with Crippen LogP contribution in [0.1, 0.15) is 23.3 Å². The normalized spacial score (nSPS) is 11.4. The Morgan fingerprint density at radius 1 is 1.14 bits per heavy atom. The van der Waals surface area contributed by atoms with Crippen LogP contribution < -0.4 is 29.6 Å². The Bertz CT molecular complexity index is 899. The minimum Gasteiger partial charge on any atom is -1.00 e. The molecule has 0 spiro atoms. The molecule has 28 heavy (non-hydrogen) atoms. The molecule has 1 aromatic heterocycles. The number of nitrogens with one attached hydrogen (secondary N) is 2. The highest BCUT2D eigenvalue weighted by Crippen LogP contribution is 2.25. The molecule has 0 aliphatic carbocycles. The van der Waals surface area contributed by atoms with Gasteiger partial charge in [0.05, 0.1) is 11.9 Å². The molecule has 8 N–H and O–H groups in total. The van der Waals surface area contributed by atoms with Gasteiger partial charge in [-0.1, -0.05) is 18.2 Å². The van der Waals surface area contributed by atoms with E-state index in [0.29, 0.717) is 12.2 Å². The SMILES string of the molecule is N.[Cl-].[NH3+]CCC[C@@H](Cl)CNC(=O)c1cc2cc(-c3ccc(F)cc3)ccc2[nH]1. The van der Waals surface area contributed by atoms with Crippen LogP contribution >= 0.6 is 11.6 Å². The lowest BCUT2D eigenvalue weighted by Gasteiger charge is -2.09. The van der Waals surface area contributed by atoms with Crippen molar-refractivity contribution in [3.8, 4) is 11.1 Å². The van der Waals surface area contributed by atoms with Crippen molar-refractivity contribution < 1.29 is 27.3 Å². The van der Waals surface area contributed by atoms with E-state index in [1.807, 2.05) is 24.3 Å². The molecule has 0 bridgehead atoms. The van der Waals surface area contributed by atoms with Crippen LogP contribution in [0.15, 0.2) is 48.5 Å². The third-order valence-electron chi connectivity index (χ3n) is 4.29. The van der Waals surface area contributed by atoms with Gasteiger partial charge in [0, 0.05) is 17.4 Å². The van der Waals surface area contributed by atoms with Crippen molar-refractivity contribution in [1.82, 2.24) is 16.5 Å². The van der Waals surface area contributed by atoms with Crippen LogP contribution in [0.3, 0.4) is 0 Å². The summed E-state index contributed by atoms with van der Waals surface area (Å²) in [6, 6.07) is 14.0. The average Bonchev–Trinajstić information content (AvgIpc) is 3.08. The van der Waals surface area contributed by atoms with Gasteiger partial charge in [0.15, 0.2) is 0 Å². The summed E-state index contributed by atoms with van der Waals surface area (Å²) in [7, 11) is 0. The van der Waals surface area contributed by atoms with Gasteiger partial charge in [0.1, 0.15) is 11.5 Å². The van der Waals surface area contributed by atoms with Crippen LogP contribution in [0.2, 0.25) is 0 Å². The molecular formula is C20H25Cl2FN4O. The van der Waals surface area contributed by atoms with Gasteiger partial charge in [-0.05, 0) is 54.3 Å². The fourth-order valence-electron chi connectivity index (χ4n) is 2.84. The number of carbonyl (C=O) groups is 1. The molecule has 0 saturated carbocycles. The highest BCUT2D eigenvalue weighted by atomic mass is 35.5. The highest BCUT2D eigenvalue weighted by Gasteiger charge is 2.12. The first-order valence-electron chi connectivity index (χ1n) is 8.67. The standard InChI is InChI=1S/C20H21ClFN3O.ClH.H3N/c21-16(2-1-9-23)12-24-20(26)19-11-15-10-14(5-8-18(15)25-19)13-3-6-17(22)7-4-13;;/h3-8,10-11,16,25H,1-2,9,12,23H2,(H,24,26);1H;1H3/t16-;;/m1../s1. The topological polar surface area (TPSA) is 108 Å². The zero-order chi connectivity index (χ0) is 18.5. The number of amides is 1. The summed E-state index contributed by atoms with van der Waals surface area (Å²) in [5.41, 5.74) is 7.06. The van der Waals surface area contributed by atoms with Crippen molar-refractivity contribution in [2.75, 3.05) is 13.1 Å². The maximum atomic E-state index is 13.1. The Hall–Kier alpha value is -2.12. The predicted molar refractivity (Wildman–Crippen MR) is 108 cm³/mol. The van der Waals surface area contributed by atoms with E-state index < -0.39 is 0 Å². The molecule has 152 valence electrons. The first-order chi connectivity index (χ1) is 12.6. The number of alkyl halides is 1. The van der Waals surface area contributed by atoms with Crippen molar-refractivity contribution >= 4 is 28.4 Å². The number of benzene rings is 2. The Kier molecular flexibility index (Phi) is 9.41. The largest absolute Gasteiger partial charge is 1.00 e. The molecule has 3 aromatic rings. The second-order valence-electron chi connectivity index (χ2n) is 6.30. The van der Waals surface area contributed by atoms with Crippen LogP contribution in [-0.2, 0) is 0 Å². The lowest BCUT2D eigenvalue weighted by atomic mass is 10.0.